The van der Waals surface area contributed by atoms with Gasteiger partial charge in [-0.3, -0.25) is 14.9 Å². The highest BCUT2D eigenvalue weighted by atomic mass is 35.5. The summed E-state index contributed by atoms with van der Waals surface area (Å²) in [4.78, 5) is 22.8. The minimum absolute atomic E-state index is 0.146. The van der Waals surface area contributed by atoms with E-state index in [2.05, 4.69) is 10.6 Å². The Hall–Kier alpha value is -2.64. The van der Waals surface area contributed by atoms with Crippen molar-refractivity contribution < 1.29 is 14.8 Å². The van der Waals surface area contributed by atoms with Crippen LogP contribution in [0.2, 0.25) is 5.02 Å². The van der Waals surface area contributed by atoms with E-state index in [9.17, 15) is 14.9 Å². The first-order chi connectivity index (χ1) is 11.4. The highest BCUT2D eigenvalue weighted by molar-refractivity contribution is 6.31. The van der Waals surface area contributed by atoms with E-state index in [1.165, 1.54) is 18.2 Å². The Morgan fingerprint density at radius 1 is 1.29 bits per heavy atom. The van der Waals surface area contributed by atoms with Gasteiger partial charge in [-0.05, 0) is 36.8 Å². The number of benzene rings is 2. The number of hydrogen-bond acceptors (Lipinski definition) is 5. The molecule has 1 amide bonds. The van der Waals surface area contributed by atoms with Crippen LogP contribution >= 0.6 is 11.6 Å². The molecule has 0 aliphatic carbocycles. The summed E-state index contributed by atoms with van der Waals surface area (Å²) in [6, 6.07) is 9.17. The van der Waals surface area contributed by atoms with Crippen molar-refractivity contribution in [3.63, 3.8) is 0 Å². The first-order valence-corrected chi connectivity index (χ1v) is 7.51. The average Bonchev–Trinajstić information content (AvgIpc) is 2.56. The average molecular weight is 350 g/mol. The third-order valence-electron chi connectivity index (χ3n) is 3.31. The first-order valence-electron chi connectivity index (χ1n) is 7.13. The molecule has 7 nitrogen and oxygen atoms in total. The van der Waals surface area contributed by atoms with Crippen molar-refractivity contribution in [3.05, 3.63) is 62.7 Å². The summed E-state index contributed by atoms with van der Waals surface area (Å²) in [7, 11) is 0. The van der Waals surface area contributed by atoms with Crippen LogP contribution in [0.25, 0.3) is 0 Å². The Balaban J connectivity index is 2.24. The number of aryl methyl sites for hydroxylation is 1. The van der Waals surface area contributed by atoms with Gasteiger partial charge in [0.15, 0.2) is 0 Å². The molecular formula is C16H16ClN3O4. The number of anilines is 2. The minimum atomic E-state index is -0.584. The topological polar surface area (TPSA) is 104 Å². The standard InChI is InChI=1S/C16H16ClN3O4/c1-10-2-4-12(9-13(10)17)19-16(22)11-3-5-14(18-6-7-21)15(8-11)20(23)24/h2-5,8-9,18,21H,6-7H2,1H3,(H,19,22). The third-order valence-corrected chi connectivity index (χ3v) is 3.72. The largest absolute Gasteiger partial charge is 0.395 e. The van der Waals surface area contributed by atoms with Crippen molar-refractivity contribution in [2.75, 3.05) is 23.8 Å². The lowest BCUT2D eigenvalue weighted by atomic mass is 10.1. The van der Waals surface area contributed by atoms with E-state index in [1.807, 2.05) is 6.92 Å². The van der Waals surface area contributed by atoms with Gasteiger partial charge in [-0.15, -0.1) is 0 Å². The normalized spacial score (nSPS) is 10.3. The van der Waals surface area contributed by atoms with Crippen molar-refractivity contribution in [2.45, 2.75) is 6.92 Å². The van der Waals surface area contributed by atoms with E-state index in [4.69, 9.17) is 16.7 Å². The predicted molar refractivity (Wildman–Crippen MR) is 92.8 cm³/mol. The van der Waals surface area contributed by atoms with Crippen LogP contribution in [0.3, 0.4) is 0 Å². The van der Waals surface area contributed by atoms with Gasteiger partial charge in [-0.1, -0.05) is 17.7 Å². The molecule has 126 valence electrons. The lowest BCUT2D eigenvalue weighted by Gasteiger charge is -2.09. The van der Waals surface area contributed by atoms with E-state index in [-0.39, 0.29) is 30.1 Å². The van der Waals surface area contributed by atoms with Gasteiger partial charge >= 0.3 is 0 Å². The van der Waals surface area contributed by atoms with E-state index in [1.54, 1.807) is 18.2 Å². The molecule has 0 heterocycles. The zero-order valence-corrected chi connectivity index (χ0v) is 13.6. The summed E-state index contributed by atoms with van der Waals surface area (Å²) in [6.07, 6.45) is 0. The number of halogens is 1. The second kappa shape index (κ2) is 7.76. The molecule has 3 N–H and O–H groups in total. The van der Waals surface area contributed by atoms with E-state index in [0.29, 0.717) is 10.7 Å². The maximum atomic E-state index is 12.3. The molecule has 0 saturated heterocycles. The molecule has 0 unspecified atom stereocenters. The molecule has 2 rings (SSSR count). The van der Waals surface area contributed by atoms with Crippen molar-refractivity contribution in [2.24, 2.45) is 0 Å². The Labute approximate surface area is 143 Å². The SMILES string of the molecule is Cc1ccc(NC(=O)c2ccc(NCCO)c([N+](=O)[O-])c2)cc1Cl. The van der Waals surface area contributed by atoms with Crippen LogP contribution < -0.4 is 10.6 Å². The van der Waals surface area contributed by atoms with Crippen LogP contribution in [0.5, 0.6) is 0 Å². The van der Waals surface area contributed by atoms with Gasteiger partial charge in [-0.25, -0.2) is 0 Å². The minimum Gasteiger partial charge on any atom is -0.395 e. The molecular weight excluding hydrogens is 334 g/mol. The Morgan fingerprint density at radius 2 is 2.04 bits per heavy atom. The van der Waals surface area contributed by atoms with Crippen molar-refractivity contribution in [1.29, 1.82) is 0 Å². The number of amides is 1. The second-order valence-electron chi connectivity index (χ2n) is 5.06. The highest BCUT2D eigenvalue weighted by Gasteiger charge is 2.17. The molecule has 0 aromatic heterocycles. The number of nitro groups is 1. The van der Waals surface area contributed by atoms with Crippen molar-refractivity contribution in [3.8, 4) is 0 Å². The van der Waals surface area contributed by atoms with Crippen LogP contribution in [0, 0.1) is 17.0 Å². The molecule has 0 saturated carbocycles. The summed E-state index contributed by atoms with van der Waals surface area (Å²) < 4.78 is 0. The summed E-state index contributed by atoms with van der Waals surface area (Å²) in [5.74, 6) is -0.480. The van der Waals surface area contributed by atoms with E-state index in [0.717, 1.165) is 5.56 Å². The maximum Gasteiger partial charge on any atom is 0.293 e. The number of carbonyl (C=O) groups is 1. The quantitative estimate of drug-likeness (QED) is 0.548. The number of nitro benzene ring substituents is 1. The van der Waals surface area contributed by atoms with Crippen LogP contribution in [0.15, 0.2) is 36.4 Å². The monoisotopic (exact) mass is 349 g/mol. The molecule has 0 aliphatic rings. The molecule has 0 spiro atoms. The molecule has 8 heteroatoms. The maximum absolute atomic E-state index is 12.3. The van der Waals surface area contributed by atoms with Crippen LogP contribution in [-0.4, -0.2) is 29.1 Å². The number of hydrogen-bond donors (Lipinski definition) is 3. The van der Waals surface area contributed by atoms with Crippen molar-refractivity contribution in [1.82, 2.24) is 0 Å². The van der Waals surface area contributed by atoms with Crippen LogP contribution in [-0.2, 0) is 0 Å². The predicted octanol–water partition coefficient (Wildman–Crippen LogP) is 3.21. The first kappa shape index (κ1) is 17.7. The van der Waals surface area contributed by atoms with E-state index < -0.39 is 10.8 Å². The molecule has 0 atom stereocenters. The lowest BCUT2D eigenvalue weighted by molar-refractivity contribution is -0.384. The number of rotatable bonds is 6. The van der Waals surface area contributed by atoms with Crippen molar-refractivity contribution >= 4 is 34.6 Å². The smallest absolute Gasteiger partial charge is 0.293 e. The zero-order valence-electron chi connectivity index (χ0n) is 12.9. The molecule has 0 bridgehead atoms. The lowest BCUT2D eigenvalue weighted by Crippen LogP contribution is -2.13. The van der Waals surface area contributed by atoms with Gasteiger partial charge in [-0.2, -0.15) is 0 Å². The third kappa shape index (κ3) is 4.21. The summed E-state index contributed by atoms with van der Waals surface area (Å²) in [5.41, 5.74) is 1.53. The van der Waals surface area contributed by atoms with Gasteiger partial charge in [0.25, 0.3) is 11.6 Å². The molecule has 2 aromatic carbocycles. The Kier molecular flexibility index (Phi) is 5.73. The van der Waals surface area contributed by atoms with Crippen LogP contribution in [0.4, 0.5) is 17.1 Å². The van der Waals surface area contributed by atoms with Gasteiger partial charge in [0.1, 0.15) is 5.69 Å². The van der Waals surface area contributed by atoms with Crippen LogP contribution in [0.1, 0.15) is 15.9 Å². The van der Waals surface area contributed by atoms with Gasteiger partial charge in [0, 0.05) is 28.9 Å². The summed E-state index contributed by atoms with van der Waals surface area (Å²) in [6.45, 7) is 1.86. The number of nitrogens with one attached hydrogen (secondary N) is 2. The summed E-state index contributed by atoms with van der Waals surface area (Å²) >= 11 is 6.01. The van der Waals surface area contributed by atoms with Gasteiger partial charge < -0.3 is 15.7 Å². The number of carbonyl (C=O) groups excluding carboxylic acids is 1. The fourth-order valence-electron chi connectivity index (χ4n) is 2.04. The van der Waals surface area contributed by atoms with Gasteiger partial charge in [0.2, 0.25) is 0 Å². The van der Waals surface area contributed by atoms with E-state index >= 15 is 0 Å². The highest BCUT2D eigenvalue weighted by Crippen LogP contribution is 2.26. The molecule has 2 aromatic rings. The molecule has 0 aliphatic heterocycles. The Morgan fingerprint density at radius 3 is 2.67 bits per heavy atom. The summed E-state index contributed by atoms with van der Waals surface area (Å²) in [5, 5.41) is 25.9. The second-order valence-corrected chi connectivity index (χ2v) is 5.46. The number of aliphatic hydroxyl groups excluding tert-OH is 1. The van der Waals surface area contributed by atoms with Gasteiger partial charge in [0.05, 0.1) is 11.5 Å². The number of nitrogens with zero attached hydrogens (tertiary/aromatic N) is 1. The molecule has 0 radical (unpaired) electrons. The number of aliphatic hydroxyl groups is 1. The zero-order chi connectivity index (χ0) is 17.7. The molecule has 0 fully saturated rings. The fourth-order valence-corrected chi connectivity index (χ4v) is 2.22. The Bertz CT molecular complexity index is 780. The molecule has 24 heavy (non-hydrogen) atoms. The fraction of sp³-hybridized carbons (Fsp3) is 0.188.